The van der Waals surface area contributed by atoms with Gasteiger partial charge in [-0.15, -0.1) is 0 Å². The lowest BCUT2D eigenvalue weighted by molar-refractivity contribution is -0.121. The second kappa shape index (κ2) is 5.59. The smallest absolute Gasteiger partial charge is 0.254 e. The SMILES string of the molecule is CN(C)C(=O)c1cc(NC(=O)C2CNC2)ccc1Cl. The number of carbonyl (C=O) groups is 2. The average molecular weight is 282 g/mol. The van der Waals surface area contributed by atoms with E-state index in [0.29, 0.717) is 29.4 Å². The first-order chi connectivity index (χ1) is 8.99. The predicted octanol–water partition coefficient (Wildman–Crippen LogP) is 1.20. The minimum absolute atomic E-state index is 0.00341. The van der Waals surface area contributed by atoms with Crippen LogP contribution in [0.15, 0.2) is 18.2 Å². The van der Waals surface area contributed by atoms with Crippen molar-refractivity contribution in [2.45, 2.75) is 0 Å². The average Bonchev–Trinajstić information content (AvgIpc) is 2.28. The molecular formula is C13H16ClN3O2. The fraction of sp³-hybridized carbons (Fsp3) is 0.385. The van der Waals surface area contributed by atoms with E-state index in [4.69, 9.17) is 11.6 Å². The van der Waals surface area contributed by atoms with Crippen molar-refractivity contribution in [3.63, 3.8) is 0 Å². The first-order valence-electron chi connectivity index (χ1n) is 6.02. The third-order valence-electron chi connectivity index (χ3n) is 3.02. The number of nitrogens with zero attached hydrogens (tertiary/aromatic N) is 1. The van der Waals surface area contributed by atoms with Gasteiger partial charge in [-0.2, -0.15) is 0 Å². The molecule has 0 aliphatic carbocycles. The highest BCUT2D eigenvalue weighted by atomic mass is 35.5. The first-order valence-corrected chi connectivity index (χ1v) is 6.39. The molecule has 0 aromatic heterocycles. The third kappa shape index (κ3) is 3.05. The molecule has 0 saturated carbocycles. The van der Waals surface area contributed by atoms with E-state index in [1.165, 1.54) is 4.90 Å². The third-order valence-corrected chi connectivity index (χ3v) is 3.35. The Bertz CT molecular complexity index is 513. The molecule has 2 amide bonds. The molecule has 0 radical (unpaired) electrons. The lowest BCUT2D eigenvalue weighted by atomic mass is 10.0. The Morgan fingerprint density at radius 2 is 2.05 bits per heavy atom. The number of benzene rings is 1. The normalized spacial score (nSPS) is 14.7. The molecule has 5 nitrogen and oxygen atoms in total. The maximum atomic E-state index is 11.9. The van der Waals surface area contributed by atoms with Crippen molar-refractivity contribution < 1.29 is 9.59 Å². The van der Waals surface area contributed by atoms with Gasteiger partial charge < -0.3 is 15.5 Å². The van der Waals surface area contributed by atoms with Crippen LogP contribution in [0.3, 0.4) is 0 Å². The van der Waals surface area contributed by atoms with Crippen molar-refractivity contribution >= 4 is 29.1 Å². The van der Waals surface area contributed by atoms with Crippen LogP contribution in [0.4, 0.5) is 5.69 Å². The van der Waals surface area contributed by atoms with Gasteiger partial charge in [-0.25, -0.2) is 0 Å². The van der Waals surface area contributed by atoms with Crippen molar-refractivity contribution in [3.05, 3.63) is 28.8 Å². The Morgan fingerprint density at radius 3 is 2.58 bits per heavy atom. The molecule has 6 heteroatoms. The van der Waals surface area contributed by atoms with E-state index in [1.807, 2.05) is 0 Å². The summed E-state index contributed by atoms with van der Waals surface area (Å²) in [5, 5.41) is 6.21. The molecule has 1 aliphatic heterocycles. The summed E-state index contributed by atoms with van der Waals surface area (Å²) < 4.78 is 0. The Morgan fingerprint density at radius 1 is 1.37 bits per heavy atom. The summed E-state index contributed by atoms with van der Waals surface area (Å²) in [5.74, 6) is -0.223. The van der Waals surface area contributed by atoms with E-state index < -0.39 is 0 Å². The topological polar surface area (TPSA) is 61.4 Å². The fourth-order valence-electron chi connectivity index (χ4n) is 1.73. The molecule has 1 aromatic carbocycles. The van der Waals surface area contributed by atoms with Gasteiger partial charge in [-0.05, 0) is 18.2 Å². The molecule has 0 spiro atoms. The number of rotatable bonds is 3. The Labute approximate surface area is 116 Å². The van der Waals surface area contributed by atoms with Crippen LogP contribution in [0.25, 0.3) is 0 Å². The fourth-order valence-corrected chi connectivity index (χ4v) is 1.92. The minimum atomic E-state index is -0.189. The number of amides is 2. The molecule has 1 fully saturated rings. The van der Waals surface area contributed by atoms with E-state index >= 15 is 0 Å². The first kappa shape index (κ1) is 13.8. The molecule has 102 valence electrons. The largest absolute Gasteiger partial charge is 0.345 e. The summed E-state index contributed by atoms with van der Waals surface area (Å²) in [7, 11) is 3.31. The zero-order chi connectivity index (χ0) is 14.0. The van der Waals surface area contributed by atoms with Gasteiger partial charge in [-0.1, -0.05) is 11.6 Å². The predicted molar refractivity (Wildman–Crippen MR) is 74.5 cm³/mol. The highest BCUT2D eigenvalue weighted by molar-refractivity contribution is 6.34. The molecule has 1 heterocycles. The summed E-state index contributed by atoms with van der Waals surface area (Å²) in [5.41, 5.74) is 0.975. The van der Waals surface area contributed by atoms with Crippen LogP contribution < -0.4 is 10.6 Å². The molecule has 2 rings (SSSR count). The summed E-state index contributed by atoms with van der Waals surface area (Å²) in [6.07, 6.45) is 0. The second-order valence-corrected chi connectivity index (χ2v) is 5.15. The molecule has 1 aromatic rings. The molecule has 0 unspecified atom stereocenters. The molecule has 1 aliphatic rings. The number of anilines is 1. The van der Waals surface area contributed by atoms with Gasteiger partial charge >= 0.3 is 0 Å². The lowest BCUT2D eigenvalue weighted by Crippen LogP contribution is -2.48. The van der Waals surface area contributed by atoms with E-state index in [0.717, 1.165) is 0 Å². The maximum Gasteiger partial charge on any atom is 0.254 e. The van der Waals surface area contributed by atoms with Gasteiger partial charge in [0.1, 0.15) is 0 Å². The molecule has 0 bridgehead atoms. The zero-order valence-electron chi connectivity index (χ0n) is 10.9. The van der Waals surface area contributed by atoms with E-state index in [2.05, 4.69) is 10.6 Å². The number of carbonyl (C=O) groups excluding carboxylic acids is 2. The number of halogens is 1. The van der Waals surface area contributed by atoms with Crippen LogP contribution >= 0.6 is 11.6 Å². The van der Waals surface area contributed by atoms with Crippen molar-refractivity contribution in [2.75, 3.05) is 32.5 Å². The molecule has 1 saturated heterocycles. The van der Waals surface area contributed by atoms with Crippen LogP contribution in [0, 0.1) is 5.92 Å². The van der Waals surface area contributed by atoms with Gasteiger partial charge in [-0.3, -0.25) is 9.59 Å². The van der Waals surface area contributed by atoms with Crippen LogP contribution in [0.1, 0.15) is 10.4 Å². The lowest BCUT2D eigenvalue weighted by Gasteiger charge is -2.25. The monoisotopic (exact) mass is 281 g/mol. The quantitative estimate of drug-likeness (QED) is 0.875. The molecule has 19 heavy (non-hydrogen) atoms. The minimum Gasteiger partial charge on any atom is -0.345 e. The van der Waals surface area contributed by atoms with E-state index in [-0.39, 0.29) is 17.7 Å². The number of nitrogens with one attached hydrogen (secondary N) is 2. The molecular weight excluding hydrogens is 266 g/mol. The van der Waals surface area contributed by atoms with Gasteiger partial charge in [0.05, 0.1) is 16.5 Å². The summed E-state index contributed by atoms with van der Waals surface area (Å²) in [6, 6.07) is 4.92. The van der Waals surface area contributed by atoms with Gasteiger partial charge in [0.2, 0.25) is 5.91 Å². The molecule has 2 N–H and O–H groups in total. The Kier molecular flexibility index (Phi) is 4.07. The van der Waals surface area contributed by atoms with E-state index in [1.54, 1.807) is 32.3 Å². The number of hydrogen-bond acceptors (Lipinski definition) is 3. The van der Waals surface area contributed by atoms with Crippen molar-refractivity contribution in [3.8, 4) is 0 Å². The Balaban J connectivity index is 2.16. The Hall–Kier alpha value is -1.59. The van der Waals surface area contributed by atoms with E-state index in [9.17, 15) is 9.59 Å². The van der Waals surface area contributed by atoms with Gasteiger partial charge in [0.25, 0.3) is 5.91 Å². The van der Waals surface area contributed by atoms with Crippen molar-refractivity contribution in [1.29, 1.82) is 0 Å². The molecule has 0 atom stereocenters. The summed E-state index contributed by atoms with van der Waals surface area (Å²) in [6.45, 7) is 1.39. The zero-order valence-corrected chi connectivity index (χ0v) is 11.6. The van der Waals surface area contributed by atoms with Crippen LogP contribution in [-0.2, 0) is 4.79 Å². The highest BCUT2D eigenvalue weighted by Crippen LogP contribution is 2.22. The summed E-state index contributed by atoms with van der Waals surface area (Å²) >= 11 is 6.00. The highest BCUT2D eigenvalue weighted by Gasteiger charge is 2.25. The van der Waals surface area contributed by atoms with Crippen LogP contribution in [0.2, 0.25) is 5.02 Å². The van der Waals surface area contributed by atoms with Crippen LogP contribution in [-0.4, -0.2) is 43.9 Å². The standard InChI is InChI=1S/C13H16ClN3O2/c1-17(2)13(19)10-5-9(3-4-11(10)14)16-12(18)8-6-15-7-8/h3-5,8,15H,6-7H2,1-2H3,(H,16,18). The maximum absolute atomic E-state index is 11.9. The van der Waals surface area contributed by atoms with Gasteiger partial charge in [0, 0.05) is 32.9 Å². The second-order valence-electron chi connectivity index (χ2n) is 4.74. The van der Waals surface area contributed by atoms with Crippen LogP contribution in [0.5, 0.6) is 0 Å². The summed E-state index contributed by atoms with van der Waals surface area (Å²) in [4.78, 5) is 25.2. The van der Waals surface area contributed by atoms with Crippen molar-refractivity contribution in [2.24, 2.45) is 5.92 Å². The van der Waals surface area contributed by atoms with Gasteiger partial charge in [0.15, 0.2) is 0 Å². The number of hydrogen-bond donors (Lipinski definition) is 2. The van der Waals surface area contributed by atoms with Crippen molar-refractivity contribution in [1.82, 2.24) is 10.2 Å².